The number of hydrogen-bond acceptors (Lipinski definition) is 7. The average Bonchev–Trinajstić information content (AvgIpc) is 2.97. The van der Waals surface area contributed by atoms with Crippen molar-refractivity contribution >= 4 is 34.5 Å². The van der Waals surface area contributed by atoms with Crippen molar-refractivity contribution in [2.75, 3.05) is 6.61 Å². The van der Waals surface area contributed by atoms with Crippen LogP contribution in [-0.4, -0.2) is 22.6 Å². The Balaban J connectivity index is 2.21. The molecule has 1 atom stereocenters. The molecule has 0 unspecified atom stereocenters. The lowest BCUT2D eigenvalue weighted by Gasteiger charge is -2.35. The van der Waals surface area contributed by atoms with Crippen molar-refractivity contribution < 1.29 is 9.53 Å². The van der Waals surface area contributed by atoms with Crippen molar-refractivity contribution in [2.24, 2.45) is 10.7 Å². The maximum atomic E-state index is 12.8. The van der Waals surface area contributed by atoms with Crippen LogP contribution in [0.25, 0.3) is 0 Å². The number of benzene rings is 1. The summed E-state index contributed by atoms with van der Waals surface area (Å²) in [6.07, 6.45) is 1.44. The highest BCUT2D eigenvalue weighted by Crippen LogP contribution is 2.46. The fraction of sp³-hybridized carbons (Fsp3) is 0.316. The van der Waals surface area contributed by atoms with E-state index in [0.717, 1.165) is 12.0 Å². The van der Waals surface area contributed by atoms with Crippen LogP contribution in [0.15, 0.2) is 51.3 Å². The van der Waals surface area contributed by atoms with Crippen molar-refractivity contribution in [2.45, 2.75) is 32.7 Å². The molecule has 0 aromatic heterocycles. The van der Waals surface area contributed by atoms with Crippen molar-refractivity contribution in [3.63, 3.8) is 0 Å². The summed E-state index contributed by atoms with van der Waals surface area (Å²) in [5.41, 5.74) is 8.18. The van der Waals surface area contributed by atoms with Gasteiger partial charge in [-0.15, -0.1) is 0 Å². The molecule has 0 fully saturated rings. The first kappa shape index (κ1) is 19.3. The molecule has 3 rings (SSSR count). The number of amidine groups is 1. The lowest BCUT2D eigenvalue weighted by atomic mass is 9.93. The lowest BCUT2D eigenvalue weighted by Crippen LogP contribution is -2.39. The van der Waals surface area contributed by atoms with Crippen molar-refractivity contribution in [1.29, 1.82) is 5.26 Å². The minimum absolute atomic E-state index is 0.259. The predicted octanol–water partition coefficient (Wildman–Crippen LogP) is 4.07. The number of fused-ring (bicyclic) bond motifs is 1. The van der Waals surface area contributed by atoms with Crippen LogP contribution in [0.3, 0.4) is 0 Å². The number of hydrogen-bond donors (Lipinski definition) is 1. The normalized spacial score (nSPS) is 19.0. The molecule has 0 radical (unpaired) electrons. The van der Waals surface area contributed by atoms with Gasteiger partial charge in [-0.3, -0.25) is 4.90 Å². The smallest absolute Gasteiger partial charge is 0.338 e. The molecular formula is C19H19ClN4O2S. The SMILES string of the molecule is CCCC1=C(C(=O)OCC)[C@H](c2ccc(Cl)cc2)N2C(=N1)SC(C#N)=C2N. The first-order valence-electron chi connectivity index (χ1n) is 8.63. The summed E-state index contributed by atoms with van der Waals surface area (Å²) < 4.78 is 5.32. The molecule has 0 bridgehead atoms. The number of ether oxygens (including phenoxy) is 1. The van der Waals surface area contributed by atoms with E-state index in [1.54, 1.807) is 24.0 Å². The Hall–Kier alpha value is -2.43. The largest absolute Gasteiger partial charge is 0.463 e. The number of halogens is 1. The van der Waals surface area contributed by atoms with E-state index in [-0.39, 0.29) is 6.61 Å². The van der Waals surface area contributed by atoms with E-state index >= 15 is 0 Å². The quantitative estimate of drug-likeness (QED) is 0.746. The molecule has 0 saturated carbocycles. The highest BCUT2D eigenvalue weighted by molar-refractivity contribution is 8.17. The summed E-state index contributed by atoms with van der Waals surface area (Å²) >= 11 is 7.26. The second kappa shape index (κ2) is 8.07. The zero-order chi connectivity index (χ0) is 19.6. The Bertz CT molecular complexity index is 899. The molecule has 0 saturated heterocycles. The van der Waals surface area contributed by atoms with Crippen LogP contribution in [0.5, 0.6) is 0 Å². The highest BCUT2D eigenvalue weighted by Gasteiger charge is 2.43. The van der Waals surface area contributed by atoms with Gasteiger partial charge in [0.15, 0.2) is 5.17 Å². The maximum Gasteiger partial charge on any atom is 0.338 e. The van der Waals surface area contributed by atoms with Crippen molar-refractivity contribution in [3.8, 4) is 6.07 Å². The van der Waals surface area contributed by atoms with E-state index in [1.165, 1.54) is 11.8 Å². The number of esters is 1. The van der Waals surface area contributed by atoms with Crippen LogP contribution in [-0.2, 0) is 9.53 Å². The van der Waals surface area contributed by atoms with Crippen LogP contribution in [0.1, 0.15) is 38.3 Å². The molecule has 8 heteroatoms. The van der Waals surface area contributed by atoms with Gasteiger partial charge < -0.3 is 10.5 Å². The van der Waals surface area contributed by atoms with Gasteiger partial charge in [-0.25, -0.2) is 9.79 Å². The fourth-order valence-corrected chi connectivity index (χ4v) is 4.12. The third kappa shape index (κ3) is 3.55. The molecule has 6 nitrogen and oxygen atoms in total. The van der Waals surface area contributed by atoms with Gasteiger partial charge in [0.2, 0.25) is 0 Å². The Labute approximate surface area is 167 Å². The number of nitrogens with two attached hydrogens (primary N) is 1. The summed E-state index contributed by atoms with van der Waals surface area (Å²) in [5, 5.41) is 10.6. The third-order valence-electron chi connectivity index (χ3n) is 4.23. The van der Waals surface area contributed by atoms with E-state index < -0.39 is 12.0 Å². The second-order valence-electron chi connectivity index (χ2n) is 5.98. The number of thioether (sulfide) groups is 1. The first-order chi connectivity index (χ1) is 13.0. The molecule has 0 spiro atoms. The Kier molecular flexibility index (Phi) is 5.78. The molecular weight excluding hydrogens is 384 g/mol. The van der Waals surface area contributed by atoms with E-state index in [4.69, 9.17) is 22.1 Å². The highest BCUT2D eigenvalue weighted by atomic mass is 35.5. The number of carbonyl (C=O) groups is 1. The summed E-state index contributed by atoms with van der Waals surface area (Å²) in [5.74, 6) is -0.134. The van der Waals surface area contributed by atoms with Gasteiger partial charge in [0.25, 0.3) is 0 Å². The van der Waals surface area contributed by atoms with E-state index in [9.17, 15) is 10.1 Å². The predicted molar refractivity (Wildman–Crippen MR) is 106 cm³/mol. The molecule has 2 aliphatic heterocycles. The van der Waals surface area contributed by atoms with Crippen LogP contribution in [0.2, 0.25) is 5.02 Å². The molecule has 0 amide bonds. The van der Waals surface area contributed by atoms with Crippen LogP contribution in [0.4, 0.5) is 0 Å². The van der Waals surface area contributed by atoms with Crippen LogP contribution >= 0.6 is 23.4 Å². The van der Waals surface area contributed by atoms with E-state index in [2.05, 4.69) is 11.1 Å². The topological polar surface area (TPSA) is 91.7 Å². The monoisotopic (exact) mass is 402 g/mol. The summed E-state index contributed by atoms with van der Waals surface area (Å²) in [6.45, 7) is 4.05. The first-order valence-corrected chi connectivity index (χ1v) is 9.82. The van der Waals surface area contributed by atoms with Gasteiger partial charge in [0.05, 0.1) is 23.9 Å². The van der Waals surface area contributed by atoms with Gasteiger partial charge in [-0.2, -0.15) is 5.26 Å². The minimum Gasteiger partial charge on any atom is -0.463 e. The number of rotatable bonds is 5. The van der Waals surface area contributed by atoms with Gasteiger partial charge in [-0.05, 0) is 42.8 Å². The standard InChI is InChI=1S/C19H19ClN4O2S/c1-3-5-13-15(18(25)26-4-2)16(11-6-8-12(20)9-7-11)24-17(22)14(10-21)27-19(24)23-13/h6-9,16H,3-5,22H2,1-2H3/t16-/m0/s1. The number of allylic oxidation sites excluding steroid dienone is 2. The Morgan fingerprint density at radius 1 is 1.41 bits per heavy atom. The molecule has 1 aromatic carbocycles. The molecule has 1 aromatic rings. The lowest BCUT2D eigenvalue weighted by molar-refractivity contribution is -0.139. The van der Waals surface area contributed by atoms with Gasteiger partial charge in [0.1, 0.15) is 16.8 Å². The summed E-state index contributed by atoms with van der Waals surface area (Å²) in [7, 11) is 0. The van der Waals surface area contributed by atoms with Gasteiger partial charge in [0, 0.05) is 5.02 Å². The number of aliphatic imine (C=N–C) groups is 1. The van der Waals surface area contributed by atoms with Crippen LogP contribution in [0, 0.1) is 11.3 Å². The summed E-state index contributed by atoms with van der Waals surface area (Å²) in [6, 6.07) is 8.81. The molecule has 140 valence electrons. The van der Waals surface area contributed by atoms with Gasteiger partial charge >= 0.3 is 5.97 Å². The molecule has 27 heavy (non-hydrogen) atoms. The fourth-order valence-electron chi connectivity index (χ4n) is 3.10. The number of nitrogens with zero attached hydrogens (tertiary/aromatic N) is 3. The Morgan fingerprint density at radius 3 is 2.70 bits per heavy atom. The summed E-state index contributed by atoms with van der Waals surface area (Å²) in [4.78, 5) is 19.6. The third-order valence-corrected chi connectivity index (χ3v) is 5.46. The Morgan fingerprint density at radius 2 is 2.11 bits per heavy atom. The van der Waals surface area contributed by atoms with E-state index in [0.29, 0.717) is 38.6 Å². The number of carbonyl (C=O) groups excluding carboxylic acids is 1. The minimum atomic E-state index is -0.520. The average molecular weight is 403 g/mol. The maximum absolute atomic E-state index is 12.8. The number of nitriles is 1. The molecule has 2 heterocycles. The molecule has 2 aliphatic rings. The van der Waals surface area contributed by atoms with Gasteiger partial charge in [-0.1, -0.05) is 37.1 Å². The van der Waals surface area contributed by atoms with Crippen molar-refractivity contribution in [1.82, 2.24) is 4.90 Å². The second-order valence-corrected chi connectivity index (χ2v) is 7.39. The van der Waals surface area contributed by atoms with E-state index in [1.807, 2.05) is 19.1 Å². The zero-order valence-corrected chi connectivity index (χ0v) is 16.6. The zero-order valence-electron chi connectivity index (χ0n) is 15.0. The van der Waals surface area contributed by atoms with Crippen molar-refractivity contribution in [3.05, 3.63) is 56.8 Å². The van der Waals surface area contributed by atoms with Crippen LogP contribution < -0.4 is 5.73 Å². The molecule has 0 aliphatic carbocycles. The molecule has 2 N–H and O–H groups in total.